The van der Waals surface area contributed by atoms with Crippen LogP contribution in [-0.2, 0) is 21.2 Å². The van der Waals surface area contributed by atoms with Gasteiger partial charge in [-0.3, -0.25) is 4.79 Å². The van der Waals surface area contributed by atoms with Crippen LogP contribution in [0.1, 0.15) is 50.5 Å². The molecule has 8 nitrogen and oxygen atoms in total. The zero-order valence-corrected chi connectivity index (χ0v) is 24.2. The van der Waals surface area contributed by atoms with E-state index in [9.17, 15) is 18.5 Å². The molecule has 0 radical (unpaired) electrons. The highest BCUT2D eigenvalue weighted by Crippen LogP contribution is 2.43. The van der Waals surface area contributed by atoms with Gasteiger partial charge in [0, 0.05) is 32.6 Å². The number of amides is 1. The first-order valence-electron chi connectivity index (χ1n) is 14.6. The van der Waals surface area contributed by atoms with E-state index in [4.69, 9.17) is 5.73 Å². The lowest BCUT2D eigenvalue weighted by atomic mass is 9.64. The average Bonchev–Trinajstić information content (AvgIpc) is 2.97. The van der Waals surface area contributed by atoms with Crippen LogP contribution in [0.5, 0.6) is 0 Å². The SMILES string of the molecule is CN1CCN(S(=O)(=O)c2ccc(-c3ccc(CC(C#N)NC(=O)[C@]4(N)CCC5CCCCC5C4)cc3)cc2)CC1. The number of rotatable bonds is 7. The topological polar surface area (TPSA) is 120 Å². The lowest BCUT2D eigenvalue weighted by Crippen LogP contribution is -2.59. The van der Waals surface area contributed by atoms with Crippen molar-refractivity contribution < 1.29 is 13.2 Å². The minimum Gasteiger partial charge on any atom is -0.338 e. The Balaban J connectivity index is 1.19. The van der Waals surface area contributed by atoms with Crippen molar-refractivity contribution in [1.29, 1.82) is 5.26 Å². The maximum atomic E-state index is 13.2. The van der Waals surface area contributed by atoms with Crippen LogP contribution in [0, 0.1) is 23.2 Å². The molecule has 214 valence electrons. The van der Waals surface area contributed by atoms with Gasteiger partial charge in [-0.05, 0) is 67.0 Å². The second-order valence-corrected chi connectivity index (χ2v) is 13.9. The van der Waals surface area contributed by atoms with Gasteiger partial charge in [-0.25, -0.2) is 8.42 Å². The summed E-state index contributed by atoms with van der Waals surface area (Å²) in [6.07, 6.45) is 7.69. The molecule has 2 aliphatic carbocycles. The van der Waals surface area contributed by atoms with Crippen molar-refractivity contribution in [2.24, 2.45) is 17.6 Å². The predicted molar refractivity (Wildman–Crippen MR) is 156 cm³/mol. The molecule has 4 atom stereocenters. The van der Waals surface area contributed by atoms with E-state index in [-0.39, 0.29) is 5.91 Å². The molecule has 0 bridgehead atoms. The molecule has 40 heavy (non-hydrogen) atoms. The number of hydrogen-bond donors (Lipinski definition) is 2. The van der Waals surface area contributed by atoms with Gasteiger partial charge in [0.1, 0.15) is 6.04 Å². The molecule has 9 heteroatoms. The molecule has 5 rings (SSSR count). The summed E-state index contributed by atoms with van der Waals surface area (Å²) >= 11 is 0. The largest absolute Gasteiger partial charge is 0.338 e. The highest BCUT2D eigenvalue weighted by Gasteiger charge is 2.44. The van der Waals surface area contributed by atoms with Crippen molar-refractivity contribution in [1.82, 2.24) is 14.5 Å². The number of hydrogen-bond acceptors (Lipinski definition) is 6. The third kappa shape index (κ3) is 6.26. The lowest BCUT2D eigenvalue weighted by molar-refractivity contribution is -0.129. The quantitative estimate of drug-likeness (QED) is 0.532. The second kappa shape index (κ2) is 12.0. The molecule has 1 heterocycles. The highest BCUT2D eigenvalue weighted by molar-refractivity contribution is 7.89. The summed E-state index contributed by atoms with van der Waals surface area (Å²) in [6.45, 7) is 2.46. The second-order valence-electron chi connectivity index (χ2n) is 12.0. The van der Waals surface area contributed by atoms with Crippen LogP contribution in [0.15, 0.2) is 53.4 Å². The van der Waals surface area contributed by atoms with Crippen LogP contribution in [0.3, 0.4) is 0 Å². The third-order valence-electron chi connectivity index (χ3n) is 9.25. The van der Waals surface area contributed by atoms with Crippen LogP contribution in [-0.4, -0.2) is 68.3 Å². The Morgan fingerprint density at radius 3 is 2.23 bits per heavy atom. The van der Waals surface area contributed by atoms with Crippen LogP contribution >= 0.6 is 0 Å². The zero-order chi connectivity index (χ0) is 28.3. The summed E-state index contributed by atoms with van der Waals surface area (Å²) in [4.78, 5) is 15.6. The Morgan fingerprint density at radius 1 is 1.00 bits per heavy atom. The first-order chi connectivity index (χ1) is 19.2. The Morgan fingerprint density at radius 2 is 1.60 bits per heavy atom. The fourth-order valence-corrected chi connectivity index (χ4v) is 8.07. The van der Waals surface area contributed by atoms with Gasteiger partial charge in [0.25, 0.3) is 0 Å². The van der Waals surface area contributed by atoms with Crippen molar-refractivity contribution in [3.63, 3.8) is 0 Å². The van der Waals surface area contributed by atoms with E-state index >= 15 is 0 Å². The van der Waals surface area contributed by atoms with E-state index in [1.54, 1.807) is 16.4 Å². The number of piperazine rings is 1. The Labute approximate surface area is 238 Å². The summed E-state index contributed by atoms with van der Waals surface area (Å²) < 4.78 is 27.6. The number of nitrogens with two attached hydrogens (primary N) is 1. The van der Waals surface area contributed by atoms with Gasteiger partial charge in [0.15, 0.2) is 0 Å². The highest BCUT2D eigenvalue weighted by atomic mass is 32.2. The zero-order valence-electron chi connectivity index (χ0n) is 23.4. The number of nitriles is 1. The van der Waals surface area contributed by atoms with Crippen LogP contribution in [0.2, 0.25) is 0 Å². The first-order valence-corrected chi connectivity index (χ1v) is 16.0. The van der Waals surface area contributed by atoms with Gasteiger partial charge < -0.3 is 16.0 Å². The molecule has 3 N–H and O–H groups in total. The van der Waals surface area contributed by atoms with Crippen molar-refractivity contribution in [2.75, 3.05) is 33.2 Å². The predicted octanol–water partition coefficient (Wildman–Crippen LogP) is 3.53. The number of carbonyl (C=O) groups excluding carboxylic acids is 1. The van der Waals surface area contributed by atoms with Gasteiger partial charge in [-0.15, -0.1) is 0 Å². The van der Waals surface area contributed by atoms with Crippen LogP contribution < -0.4 is 11.1 Å². The summed E-state index contributed by atoms with van der Waals surface area (Å²) in [5, 5.41) is 12.7. The number of nitrogens with one attached hydrogen (secondary N) is 1. The Bertz CT molecular complexity index is 1330. The molecule has 1 saturated heterocycles. The fraction of sp³-hybridized carbons (Fsp3) is 0.548. The van der Waals surface area contributed by atoms with E-state index in [1.807, 2.05) is 43.4 Å². The summed E-state index contributed by atoms with van der Waals surface area (Å²) in [5.74, 6) is 1.01. The van der Waals surface area contributed by atoms with E-state index < -0.39 is 21.6 Å². The third-order valence-corrected chi connectivity index (χ3v) is 11.2. The Kier molecular flexibility index (Phi) is 8.62. The maximum Gasteiger partial charge on any atom is 0.243 e. The number of carbonyl (C=O) groups is 1. The molecule has 2 aromatic rings. The molecule has 2 aromatic carbocycles. The van der Waals surface area contributed by atoms with E-state index in [1.165, 1.54) is 19.3 Å². The van der Waals surface area contributed by atoms with Crippen molar-refractivity contribution >= 4 is 15.9 Å². The molecule has 3 aliphatic rings. The van der Waals surface area contributed by atoms with Crippen LogP contribution in [0.25, 0.3) is 11.1 Å². The smallest absolute Gasteiger partial charge is 0.243 e. The summed E-state index contributed by atoms with van der Waals surface area (Å²) in [6, 6.07) is 16.4. The number of sulfonamides is 1. The van der Waals surface area contributed by atoms with Gasteiger partial charge in [-0.2, -0.15) is 9.57 Å². The minimum atomic E-state index is -3.50. The van der Waals surface area contributed by atoms with Crippen molar-refractivity contribution in [3.05, 3.63) is 54.1 Å². The fourth-order valence-electron chi connectivity index (χ4n) is 6.65. The molecule has 0 aromatic heterocycles. The average molecular weight is 564 g/mol. The molecular formula is C31H41N5O3S. The van der Waals surface area contributed by atoms with Gasteiger partial charge in [0.05, 0.1) is 16.5 Å². The number of nitrogens with zero attached hydrogens (tertiary/aromatic N) is 3. The number of fused-ring (bicyclic) bond motifs is 1. The monoisotopic (exact) mass is 563 g/mol. The summed E-state index contributed by atoms with van der Waals surface area (Å²) in [5.41, 5.74) is 8.53. The molecule has 0 spiro atoms. The van der Waals surface area contributed by atoms with E-state index in [0.29, 0.717) is 49.1 Å². The lowest BCUT2D eigenvalue weighted by Gasteiger charge is -2.44. The molecule has 3 unspecified atom stereocenters. The number of benzene rings is 2. The molecule has 1 aliphatic heterocycles. The Hall–Kier alpha value is -2.77. The molecule has 2 saturated carbocycles. The van der Waals surface area contributed by atoms with Gasteiger partial charge in [-0.1, -0.05) is 62.1 Å². The van der Waals surface area contributed by atoms with Crippen molar-refractivity contribution in [2.45, 2.75) is 67.8 Å². The summed E-state index contributed by atoms with van der Waals surface area (Å²) in [7, 11) is -1.51. The van der Waals surface area contributed by atoms with Crippen molar-refractivity contribution in [3.8, 4) is 17.2 Å². The normalized spacial score (nSPS) is 26.8. The van der Waals surface area contributed by atoms with E-state index in [0.717, 1.165) is 42.6 Å². The molecule has 1 amide bonds. The van der Waals surface area contributed by atoms with Crippen LogP contribution in [0.4, 0.5) is 0 Å². The van der Waals surface area contributed by atoms with E-state index in [2.05, 4.69) is 16.3 Å². The standard InChI is InChI=1S/C31H41N5O3S/c1-35-16-18-36(19-17-35)40(38,39)29-12-10-26(11-13-29)25-8-6-23(7-9-25)20-28(22-32)34-30(37)31(33)15-14-24-4-2-3-5-27(24)21-31/h6-13,24,27-28H,2-5,14-21,33H2,1H3,(H,34,37)/t24?,27?,28?,31-/m0/s1. The molecule has 3 fully saturated rings. The molecular weight excluding hydrogens is 522 g/mol. The van der Waals surface area contributed by atoms with Gasteiger partial charge in [0.2, 0.25) is 15.9 Å². The number of likely N-dealkylation sites (N-methyl/N-ethyl adjacent to an activating group) is 1. The first kappa shape index (κ1) is 28.7. The minimum absolute atomic E-state index is 0.202. The maximum absolute atomic E-state index is 13.2. The van der Waals surface area contributed by atoms with Gasteiger partial charge >= 0.3 is 0 Å².